The van der Waals surface area contributed by atoms with Gasteiger partial charge in [-0.3, -0.25) is 9.69 Å². The van der Waals surface area contributed by atoms with Crippen LogP contribution in [0.5, 0.6) is 11.5 Å². The van der Waals surface area contributed by atoms with E-state index < -0.39 is 0 Å². The Balaban J connectivity index is 1.42. The van der Waals surface area contributed by atoms with Crippen molar-refractivity contribution in [1.29, 1.82) is 0 Å². The summed E-state index contributed by atoms with van der Waals surface area (Å²) in [7, 11) is 0. The minimum atomic E-state index is -0.321. The molecule has 2 aromatic carbocycles. The van der Waals surface area contributed by atoms with Gasteiger partial charge in [0.05, 0.1) is 6.54 Å². The predicted molar refractivity (Wildman–Crippen MR) is 96.6 cm³/mol. The largest absolute Gasteiger partial charge is 0.486 e. The summed E-state index contributed by atoms with van der Waals surface area (Å²) in [6.07, 6.45) is 2.15. The number of carbonyl (C=O) groups is 1. The highest BCUT2D eigenvalue weighted by atomic mass is 19.1. The normalized spacial score (nSPS) is 20.0. The average Bonchev–Trinajstić information content (AvgIpc) is 2.68. The number of Topliss-reactive ketones (excluding diaryl/α,β-unsaturated/α-hetero) is 1. The van der Waals surface area contributed by atoms with Crippen molar-refractivity contribution in [2.45, 2.75) is 18.8 Å². The van der Waals surface area contributed by atoms with Gasteiger partial charge in [0, 0.05) is 12.1 Å². The van der Waals surface area contributed by atoms with E-state index in [2.05, 4.69) is 17.0 Å². The average molecular weight is 355 g/mol. The molecule has 0 amide bonds. The number of hydrogen-bond donors (Lipinski definition) is 0. The van der Waals surface area contributed by atoms with E-state index in [4.69, 9.17) is 9.47 Å². The Labute approximate surface area is 152 Å². The lowest BCUT2D eigenvalue weighted by molar-refractivity contribution is 0.0906. The molecule has 2 heterocycles. The zero-order valence-corrected chi connectivity index (χ0v) is 14.6. The molecule has 1 saturated heterocycles. The molecule has 1 unspecified atom stereocenters. The van der Waals surface area contributed by atoms with Crippen LogP contribution < -0.4 is 9.47 Å². The van der Waals surface area contributed by atoms with Crippen molar-refractivity contribution in [2.24, 2.45) is 0 Å². The summed E-state index contributed by atoms with van der Waals surface area (Å²) in [6.45, 7) is 3.29. The van der Waals surface area contributed by atoms with E-state index in [1.807, 2.05) is 6.07 Å². The molecule has 1 atom stereocenters. The number of fused-ring (bicyclic) bond motifs is 1. The van der Waals surface area contributed by atoms with E-state index in [1.165, 1.54) is 17.7 Å². The number of rotatable bonds is 4. The van der Waals surface area contributed by atoms with Crippen molar-refractivity contribution in [3.8, 4) is 11.5 Å². The molecule has 2 aromatic rings. The van der Waals surface area contributed by atoms with Crippen LogP contribution in [-0.4, -0.2) is 43.5 Å². The molecule has 4 nitrogen and oxygen atoms in total. The number of hydrogen-bond acceptors (Lipinski definition) is 4. The van der Waals surface area contributed by atoms with Crippen molar-refractivity contribution in [3.63, 3.8) is 0 Å². The minimum Gasteiger partial charge on any atom is -0.486 e. The zero-order valence-electron chi connectivity index (χ0n) is 14.6. The number of halogens is 1. The van der Waals surface area contributed by atoms with Gasteiger partial charge in [-0.1, -0.05) is 6.07 Å². The monoisotopic (exact) mass is 355 g/mol. The maximum absolute atomic E-state index is 13.0. The van der Waals surface area contributed by atoms with Gasteiger partial charge in [-0.15, -0.1) is 0 Å². The van der Waals surface area contributed by atoms with E-state index in [1.54, 1.807) is 12.1 Å². The zero-order chi connectivity index (χ0) is 17.9. The molecule has 4 rings (SSSR count). The van der Waals surface area contributed by atoms with Gasteiger partial charge in [-0.2, -0.15) is 0 Å². The fourth-order valence-electron chi connectivity index (χ4n) is 3.72. The fraction of sp³-hybridized carbons (Fsp3) is 0.381. The third kappa shape index (κ3) is 3.73. The first-order valence-corrected chi connectivity index (χ1v) is 9.10. The van der Waals surface area contributed by atoms with Crippen LogP contribution in [-0.2, 0) is 0 Å². The summed E-state index contributed by atoms with van der Waals surface area (Å²) < 4.78 is 24.3. The van der Waals surface area contributed by atoms with Crippen LogP contribution in [0.25, 0.3) is 0 Å². The van der Waals surface area contributed by atoms with Crippen molar-refractivity contribution in [1.82, 2.24) is 4.90 Å². The number of benzene rings is 2. The second-order valence-electron chi connectivity index (χ2n) is 6.91. The summed E-state index contributed by atoms with van der Waals surface area (Å²) in [6, 6.07) is 11.9. The van der Waals surface area contributed by atoms with Gasteiger partial charge in [-0.05, 0) is 67.3 Å². The fourth-order valence-corrected chi connectivity index (χ4v) is 3.72. The van der Waals surface area contributed by atoms with Gasteiger partial charge in [0.25, 0.3) is 0 Å². The van der Waals surface area contributed by atoms with Crippen LogP contribution in [0.2, 0.25) is 0 Å². The molecule has 5 heteroatoms. The SMILES string of the molecule is O=C(CN1CCCC(c2ccc3c(c2)OCCO3)C1)c1ccc(F)cc1. The Morgan fingerprint density at radius 3 is 2.65 bits per heavy atom. The van der Waals surface area contributed by atoms with E-state index in [9.17, 15) is 9.18 Å². The third-order valence-corrected chi connectivity index (χ3v) is 5.08. The molecule has 26 heavy (non-hydrogen) atoms. The highest BCUT2D eigenvalue weighted by Crippen LogP contribution is 2.35. The first-order valence-electron chi connectivity index (χ1n) is 9.10. The van der Waals surface area contributed by atoms with Crippen molar-refractivity contribution in [2.75, 3.05) is 32.8 Å². The molecule has 0 aliphatic carbocycles. The van der Waals surface area contributed by atoms with Crippen LogP contribution in [0.15, 0.2) is 42.5 Å². The van der Waals surface area contributed by atoms with Crippen LogP contribution in [0, 0.1) is 5.82 Å². The van der Waals surface area contributed by atoms with Gasteiger partial charge in [0.15, 0.2) is 17.3 Å². The minimum absolute atomic E-state index is 0.0350. The summed E-state index contributed by atoms with van der Waals surface area (Å²) in [4.78, 5) is 14.6. The molecule has 0 saturated carbocycles. The standard InChI is InChI=1S/C21H22FNO3/c22-18-6-3-15(4-7-18)19(24)14-23-9-1-2-17(13-23)16-5-8-20-21(12-16)26-11-10-25-20/h3-8,12,17H,1-2,9-11,13-14H2. The summed E-state index contributed by atoms with van der Waals surface area (Å²) in [5.74, 6) is 1.71. The molecule has 0 bridgehead atoms. The van der Waals surface area contributed by atoms with Crippen LogP contribution >= 0.6 is 0 Å². The molecule has 0 radical (unpaired) electrons. The molecule has 1 fully saturated rings. The molecule has 0 N–H and O–H groups in total. The first-order chi connectivity index (χ1) is 12.7. The number of ether oxygens (including phenoxy) is 2. The predicted octanol–water partition coefficient (Wildman–Crippen LogP) is 3.66. The molecule has 2 aliphatic heterocycles. The molecule has 0 aromatic heterocycles. The maximum Gasteiger partial charge on any atom is 0.176 e. The Kier molecular flexibility index (Phi) is 4.89. The van der Waals surface area contributed by atoms with Gasteiger partial charge in [-0.25, -0.2) is 4.39 Å². The lowest BCUT2D eigenvalue weighted by Gasteiger charge is -2.33. The number of likely N-dealkylation sites (tertiary alicyclic amines) is 1. The lowest BCUT2D eigenvalue weighted by Crippen LogP contribution is -2.38. The first kappa shape index (κ1) is 17.0. The molecule has 136 valence electrons. The molecular weight excluding hydrogens is 333 g/mol. The quantitative estimate of drug-likeness (QED) is 0.785. The van der Waals surface area contributed by atoms with Crippen molar-refractivity contribution < 1.29 is 18.7 Å². The van der Waals surface area contributed by atoms with E-state index >= 15 is 0 Å². The number of piperidine rings is 1. The van der Waals surface area contributed by atoms with Gasteiger partial charge < -0.3 is 9.47 Å². The summed E-state index contributed by atoms with van der Waals surface area (Å²) in [5.41, 5.74) is 1.79. The highest BCUT2D eigenvalue weighted by molar-refractivity contribution is 5.97. The van der Waals surface area contributed by atoms with Crippen molar-refractivity contribution >= 4 is 5.78 Å². The summed E-state index contributed by atoms with van der Waals surface area (Å²) >= 11 is 0. The van der Waals surface area contributed by atoms with E-state index in [0.717, 1.165) is 37.4 Å². The Bertz CT molecular complexity index is 790. The summed E-state index contributed by atoms with van der Waals surface area (Å²) in [5, 5.41) is 0. The Hall–Kier alpha value is -2.40. The number of ketones is 1. The highest BCUT2D eigenvalue weighted by Gasteiger charge is 2.24. The van der Waals surface area contributed by atoms with Crippen LogP contribution in [0.3, 0.4) is 0 Å². The van der Waals surface area contributed by atoms with E-state index in [0.29, 0.717) is 31.2 Å². The second kappa shape index (κ2) is 7.46. The molecule has 0 spiro atoms. The number of nitrogens with zero attached hydrogens (tertiary/aromatic N) is 1. The maximum atomic E-state index is 13.0. The van der Waals surface area contributed by atoms with Gasteiger partial charge in [0.2, 0.25) is 0 Å². The molecule has 2 aliphatic rings. The topological polar surface area (TPSA) is 38.8 Å². The van der Waals surface area contributed by atoms with Crippen LogP contribution in [0.1, 0.15) is 34.7 Å². The lowest BCUT2D eigenvalue weighted by atomic mass is 9.90. The Morgan fingerprint density at radius 2 is 1.85 bits per heavy atom. The van der Waals surface area contributed by atoms with Gasteiger partial charge >= 0.3 is 0 Å². The Morgan fingerprint density at radius 1 is 1.08 bits per heavy atom. The third-order valence-electron chi connectivity index (χ3n) is 5.08. The smallest absolute Gasteiger partial charge is 0.176 e. The van der Waals surface area contributed by atoms with Gasteiger partial charge in [0.1, 0.15) is 19.0 Å². The molecular formula is C21H22FNO3. The number of carbonyl (C=O) groups excluding carboxylic acids is 1. The second-order valence-corrected chi connectivity index (χ2v) is 6.91. The van der Waals surface area contributed by atoms with Crippen molar-refractivity contribution in [3.05, 3.63) is 59.4 Å². The van der Waals surface area contributed by atoms with Crippen LogP contribution in [0.4, 0.5) is 4.39 Å². The van der Waals surface area contributed by atoms with E-state index in [-0.39, 0.29) is 11.6 Å².